The standard InChI is InChI=1S/C15H22N2O3S/c1-3-12-10-17(6-7-20-12)15(19)9-13(16-11(2)18)14-5-4-8-21-14/h4-5,8,12-13H,3,6-7,9-10H2,1-2H3,(H,16,18)/t12-,13+/m0/s1. The van der Waals surface area contributed by atoms with Crippen molar-refractivity contribution in [2.45, 2.75) is 38.8 Å². The quantitative estimate of drug-likeness (QED) is 0.904. The van der Waals surface area contributed by atoms with Gasteiger partial charge in [-0.25, -0.2) is 0 Å². The molecule has 0 bridgehead atoms. The van der Waals surface area contributed by atoms with Crippen molar-refractivity contribution in [2.75, 3.05) is 19.7 Å². The smallest absolute Gasteiger partial charge is 0.225 e. The average molecular weight is 310 g/mol. The molecule has 2 rings (SSSR count). The van der Waals surface area contributed by atoms with E-state index in [2.05, 4.69) is 12.2 Å². The summed E-state index contributed by atoms with van der Waals surface area (Å²) in [5, 5.41) is 4.83. The zero-order valence-electron chi connectivity index (χ0n) is 12.5. The van der Waals surface area contributed by atoms with Gasteiger partial charge in [0.1, 0.15) is 0 Å². The first-order valence-corrected chi connectivity index (χ1v) is 8.18. The number of thiophene rings is 1. The molecule has 2 atom stereocenters. The van der Waals surface area contributed by atoms with Crippen LogP contribution in [0.1, 0.15) is 37.6 Å². The van der Waals surface area contributed by atoms with Gasteiger partial charge in [0.05, 0.1) is 25.2 Å². The number of carbonyl (C=O) groups is 2. The molecule has 1 saturated heterocycles. The van der Waals surface area contributed by atoms with Crippen LogP contribution in [0.25, 0.3) is 0 Å². The van der Waals surface area contributed by atoms with Crippen molar-refractivity contribution in [3.05, 3.63) is 22.4 Å². The van der Waals surface area contributed by atoms with Crippen molar-refractivity contribution in [1.82, 2.24) is 10.2 Å². The molecule has 1 aliphatic rings. The van der Waals surface area contributed by atoms with E-state index in [9.17, 15) is 9.59 Å². The second kappa shape index (κ2) is 7.56. The maximum atomic E-state index is 12.5. The molecule has 21 heavy (non-hydrogen) atoms. The van der Waals surface area contributed by atoms with Crippen LogP contribution in [0.2, 0.25) is 0 Å². The molecule has 1 aromatic heterocycles. The fourth-order valence-electron chi connectivity index (χ4n) is 2.45. The third-order valence-electron chi connectivity index (χ3n) is 3.59. The van der Waals surface area contributed by atoms with Crippen LogP contribution in [0.5, 0.6) is 0 Å². The normalized spacial score (nSPS) is 20.1. The number of hydrogen-bond donors (Lipinski definition) is 1. The SMILES string of the molecule is CC[C@H]1CN(C(=O)C[C@@H](NC(C)=O)c2cccs2)CCO1. The summed E-state index contributed by atoms with van der Waals surface area (Å²) < 4.78 is 5.59. The van der Waals surface area contributed by atoms with Gasteiger partial charge in [0, 0.05) is 24.9 Å². The Balaban J connectivity index is 1.99. The van der Waals surface area contributed by atoms with Gasteiger partial charge in [-0.1, -0.05) is 13.0 Å². The second-order valence-electron chi connectivity index (χ2n) is 5.21. The maximum absolute atomic E-state index is 12.5. The van der Waals surface area contributed by atoms with Crippen LogP contribution in [-0.4, -0.2) is 42.5 Å². The molecule has 2 heterocycles. The van der Waals surface area contributed by atoms with Gasteiger partial charge >= 0.3 is 0 Å². The van der Waals surface area contributed by atoms with E-state index in [1.165, 1.54) is 6.92 Å². The Hall–Kier alpha value is -1.40. The van der Waals surface area contributed by atoms with Gasteiger partial charge in [-0.2, -0.15) is 0 Å². The molecular weight excluding hydrogens is 288 g/mol. The van der Waals surface area contributed by atoms with Crippen molar-refractivity contribution in [1.29, 1.82) is 0 Å². The number of rotatable bonds is 5. The zero-order valence-corrected chi connectivity index (χ0v) is 13.3. The van der Waals surface area contributed by atoms with Crippen LogP contribution < -0.4 is 5.32 Å². The lowest BCUT2D eigenvalue weighted by atomic mass is 10.1. The van der Waals surface area contributed by atoms with Gasteiger partial charge in [0.25, 0.3) is 0 Å². The van der Waals surface area contributed by atoms with Crippen LogP contribution in [-0.2, 0) is 14.3 Å². The highest BCUT2D eigenvalue weighted by molar-refractivity contribution is 7.10. The van der Waals surface area contributed by atoms with Crippen LogP contribution in [0.3, 0.4) is 0 Å². The molecule has 1 aromatic rings. The van der Waals surface area contributed by atoms with Crippen LogP contribution >= 0.6 is 11.3 Å². The summed E-state index contributed by atoms with van der Waals surface area (Å²) in [5.74, 6) is -0.0430. The number of hydrogen-bond acceptors (Lipinski definition) is 4. The van der Waals surface area contributed by atoms with E-state index in [1.807, 2.05) is 22.4 Å². The Bertz CT molecular complexity index is 475. The fourth-order valence-corrected chi connectivity index (χ4v) is 3.23. The number of ether oxygens (including phenoxy) is 1. The van der Waals surface area contributed by atoms with Gasteiger partial charge in [0.2, 0.25) is 11.8 Å². The molecule has 116 valence electrons. The van der Waals surface area contributed by atoms with Crippen molar-refractivity contribution in [3.63, 3.8) is 0 Å². The molecular formula is C15H22N2O3S. The largest absolute Gasteiger partial charge is 0.375 e. The number of nitrogens with one attached hydrogen (secondary N) is 1. The van der Waals surface area contributed by atoms with Gasteiger partial charge in [0.15, 0.2) is 0 Å². The number of nitrogens with zero attached hydrogens (tertiary/aromatic N) is 1. The van der Waals surface area contributed by atoms with Gasteiger partial charge < -0.3 is 15.0 Å². The lowest BCUT2D eigenvalue weighted by Gasteiger charge is -2.33. The Morgan fingerprint density at radius 2 is 2.38 bits per heavy atom. The Kier molecular flexibility index (Phi) is 5.76. The molecule has 1 N–H and O–H groups in total. The summed E-state index contributed by atoms with van der Waals surface area (Å²) in [6, 6.07) is 3.64. The highest BCUT2D eigenvalue weighted by Crippen LogP contribution is 2.23. The number of amides is 2. The minimum Gasteiger partial charge on any atom is -0.375 e. The average Bonchev–Trinajstić information content (AvgIpc) is 3.00. The molecule has 5 nitrogen and oxygen atoms in total. The minimum atomic E-state index is -0.238. The number of carbonyl (C=O) groups excluding carboxylic acids is 2. The summed E-state index contributed by atoms with van der Waals surface area (Å²) in [6.07, 6.45) is 1.34. The monoisotopic (exact) mass is 310 g/mol. The predicted octanol–water partition coefficient (Wildman–Crippen LogP) is 1.95. The van der Waals surface area contributed by atoms with Crippen molar-refractivity contribution in [3.8, 4) is 0 Å². The molecule has 0 spiro atoms. The zero-order chi connectivity index (χ0) is 15.2. The van der Waals surface area contributed by atoms with E-state index in [1.54, 1.807) is 11.3 Å². The fraction of sp³-hybridized carbons (Fsp3) is 0.600. The third kappa shape index (κ3) is 4.54. The lowest BCUT2D eigenvalue weighted by Crippen LogP contribution is -2.46. The van der Waals surface area contributed by atoms with Crippen molar-refractivity contribution in [2.24, 2.45) is 0 Å². The van der Waals surface area contributed by atoms with Gasteiger partial charge in [-0.05, 0) is 17.9 Å². The third-order valence-corrected chi connectivity index (χ3v) is 4.58. The van der Waals surface area contributed by atoms with Crippen molar-refractivity contribution < 1.29 is 14.3 Å². The van der Waals surface area contributed by atoms with E-state index in [0.717, 1.165) is 11.3 Å². The maximum Gasteiger partial charge on any atom is 0.225 e. The van der Waals surface area contributed by atoms with E-state index in [0.29, 0.717) is 26.1 Å². The van der Waals surface area contributed by atoms with Crippen LogP contribution in [0, 0.1) is 0 Å². The highest BCUT2D eigenvalue weighted by Gasteiger charge is 2.26. The first kappa shape index (κ1) is 16.0. The molecule has 0 unspecified atom stereocenters. The van der Waals surface area contributed by atoms with Gasteiger partial charge in [-0.3, -0.25) is 9.59 Å². The minimum absolute atomic E-state index is 0.0731. The topological polar surface area (TPSA) is 58.6 Å². The van der Waals surface area contributed by atoms with E-state index in [-0.39, 0.29) is 24.0 Å². The summed E-state index contributed by atoms with van der Waals surface area (Å²) in [5.41, 5.74) is 0. The Labute approximate surface area is 129 Å². The predicted molar refractivity (Wildman–Crippen MR) is 82.1 cm³/mol. The molecule has 0 radical (unpaired) electrons. The summed E-state index contributed by atoms with van der Waals surface area (Å²) in [6.45, 7) is 5.41. The molecule has 0 aromatic carbocycles. The Morgan fingerprint density at radius 1 is 1.57 bits per heavy atom. The lowest BCUT2D eigenvalue weighted by molar-refractivity contribution is -0.139. The first-order valence-electron chi connectivity index (χ1n) is 7.30. The molecule has 0 saturated carbocycles. The van der Waals surface area contributed by atoms with E-state index in [4.69, 9.17) is 4.74 Å². The van der Waals surface area contributed by atoms with E-state index < -0.39 is 0 Å². The summed E-state index contributed by atoms with van der Waals surface area (Å²) in [7, 11) is 0. The van der Waals surface area contributed by atoms with Crippen LogP contribution in [0.15, 0.2) is 17.5 Å². The summed E-state index contributed by atoms with van der Waals surface area (Å²) in [4.78, 5) is 26.7. The highest BCUT2D eigenvalue weighted by atomic mass is 32.1. The van der Waals surface area contributed by atoms with Gasteiger partial charge in [-0.15, -0.1) is 11.3 Å². The van der Waals surface area contributed by atoms with E-state index >= 15 is 0 Å². The van der Waals surface area contributed by atoms with Crippen molar-refractivity contribution >= 4 is 23.2 Å². The molecule has 2 amide bonds. The first-order chi connectivity index (χ1) is 10.1. The molecule has 1 aliphatic heterocycles. The molecule has 0 aliphatic carbocycles. The van der Waals surface area contributed by atoms with Crippen LogP contribution in [0.4, 0.5) is 0 Å². The molecule has 1 fully saturated rings. The summed E-state index contributed by atoms with van der Waals surface area (Å²) >= 11 is 1.56. The Morgan fingerprint density at radius 3 is 3.00 bits per heavy atom. The second-order valence-corrected chi connectivity index (χ2v) is 6.19. The number of morpholine rings is 1. The molecule has 6 heteroatoms.